The summed E-state index contributed by atoms with van der Waals surface area (Å²) < 4.78 is 0. The van der Waals surface area contributed by atoms with E-state index < -0.39 is 5.91 Å². The van der Waals surface area contributed by atoms with E-state index in [0.29, 0.717) is 0 Å². The minimum atomic E-state index is -0.394. The van der Waals surface area contributed by atoms with Gasteiger partial charge in [0.05, 0.1) is 13.2 Å². The summed E-state index contributed by atoms with van der Waals surface area (Å²) in [5.41, 5.74) is 2.23. The molecule has 1 unspecified atom stereocenters. The van der Waals surface area contributed by atoms with Crippen LogP contribution in [0.25, 0.3) is 0 Å². The molecule has 1 atom stereocenters. The van der Waals surface area contributed by atoms with Gasteiger partial charge in [0, 0.05) is 24.9 Å². The molecule has 0 spiro atoms. The molecule has 0 aromatic heterocycles. The lowest BCUT2D eigenvalue weighted by atomic mass is 10.00. The van der Waals surface area contributed by atoms with Gasteiger partial charge in [-0.25, -0.2) is 0 Å². The number of hydrogen-bond acceptors (Lipinski definition) is 5. The Bertz CT molecular complexity index is 686. The number of anilines is 1. The van der Waals surface area contributed by atoms with E-state index in [2.05, 4.69) is 23.2 Å². The lowest BCUT2D eigenvalue weighted by Crippen LogP contribution is -2.34. The molecule has 1 saturated heterocycles. The summed E-state index contributed by atoms with van der Waals surface area (Å²) in [5.74, 6) is -0.0471. The predicted molar refractivity (Wildman–Crippen MR) is 95.6 cm³/mol. The number of carbonyl (C=O) groups excluding carboxylic acids is 2. The number of aliphatic hydroxyl groups is 1. The van der Waals surface area contributed by atoms with Crippen molar-refractivity contribution in [2.45, 2.75) is 26.3 Å². The van der Waals surface area contributed by atoms with Gasteiger partial charge in [0.25, 0.3) is 11.8 Å². The SMILES string of the molecule is CC1CCCN(Cc2cccc(NC3=CC(=O)N(CCO)C3=O)c2)C1. The summed E-state index contributed by atoms with van der Waals surface area (Å²) in [7, 11) is 0. The number of piperidine rings is 1. The summed E-state index contributed by atoms with van der Waals surface area (Å²) >= 11 is 0. The van der Waals surface area contributed by atoms with Crippen molar-refractivity contribution < 1.29 is 14.7 Å². The molecule has 1 fully saturated rings. The Kier molecular flexibility index (Phi) is 5.50. The van der Waals surface area contributed by atoms with Gasteiger partial charge in [0.15, 0.2) is 0 Å². The molecule has 2 aliphatic heterocycles. The number of carbonyl (C=O) groups is 2. The van der Waals surface area contributed by atoms with Crippen molar-refractivity contribution in [1.82, 2.24) is 9.80 Å². The second-order valence-electron chi connectivity index (χ2n) is 6.88. The van der Waals surface area contributed by atoms with Crippen LogP contribution < -0.4 is 5.32 Å². The van der Waals surface area contributed by atoms with Gasteiger partial charge in [-0.1, -0.05) is 19.1 Å². The molecule has 1 aromatic carbocycles. The number of likely N-dealkylation sites (tertiary alicyclic amines) is 1. The maximum Gasteiger partial charge on any atom is 0.277 e. The van der Waals surface area contributed by atoms with E-state index in [1.165, 1.54) is 24.5 Å². The lowest BCUT2D eigenvalue weighted by molar-refractivity contribution is -0.137. The molecule has 0 bridgehead atoms. The number of benzene rings is 1. The highest BCUT2D eigenvalue weighted by Crippen LogP contribution is 2.21. The van der Waals surface area contributed by atoms with Crippen LogP contribution in [0.15, 0.2) is 36.0 Å². The van der Waals surface area contributed by atoms with Gasteiger partial charge >= 0.3 is 0 Å². The standard InChI is InChI=1S/C19H25N3O3/c1-14-4-3-7-21(12-14)13-15-5-2-6-16(10-15)20-17-11-18(24)22(8-9-23)19(17)25/h2,5-6,10-11,14,20,23H,3-4,7-9,12-13H2,1H3. The first kappa shape index (κ1) is 17.6. The normalized spacial score (nSPS) is 21.6. The first-order valence-electron chi connectivity index (χ1n) is 8.83. The summed E-state index contributed by atoms with van der Waals surface area (Å²) in [4.78, 5) is 27.5. The second kappa shape index (κ2) is 7.80. The van der Waals surface area contributed by atoms with E-state index in [1.54, 1.807) is 0 Å². The maximum absolute atomic E-state index is 12.2. The maximum atomic E-state index is 12.2. The van der Waals surface area contributed by atoms with E-state index in [0.717, 1.165) is 36.1 Å². The molecule has 2 aliphatic rings. The fourth-order valence-corrected chi connectivity index (χ4v) is 3.50. The third kappa shape index (κ3) is 4.27. The molecule has 2 N–H and O–H groups in total. The van der Waals surface area contributed by atoms with Crippen molar-refractivity contribution >= 4 is 17.5 Å². The molecule has 134 valence electrons. The van der Waals surface area contributed by atoms with E-state index >= 15 is 0 Å². The van der Waals surface area contributed by atoms with Gasteiger partial charge in [-0.05, 0) is 43.0 Å². The van der Waals surface area contributed by atoms with Crippen LogP contribution in [0.1, 0.15) is 25.3 Å². The molecule has 6 heteroatoms. The molecule has 1 aromatic rings. The van der Waals surface area contributed by atoms with E-state index in [-0.39, 0.29) is 24.8 Å². The summed E-state index contributed by atoms with van der Waals surface area (Å²) in [6.07, 6.45) is 3.83. The number of aliphatic hydroxyl groups excluding tert-OH is 1. The molecule has 0 saturated carbocycles. The molecular formula is C19H25N3O3. The van der Waals surface area contributed by atoms with E-state index in [4.69, 9.17) is 5.11 Å². The average Bonchev–Trinajstić information content (AvgIpc) is 2.83. The number of hydrogen-bond donors (Lipinski definition) is 2. The van der Waals surface area contributed by atoms with Crippen LogP contribution in [0, 0.1) is 5.92 Å². The molecule has 0 radical (unpaired) electrons. The van der Waals surface area contributed by atoms with Crippen molar-refractivity contribution in [1.29, 1.82) is 0 Å². The predicted octanol–water partition coefficient (Wildman–Crippen LogP) is 1.58. The quantitative estimate of drug-likeness (QED) is 0.767. The highest BCUT2D eigenvalue weighted by molar-refractivity contribution is 6.17. The van der Waals surface area contributed by atoms with Crippen molar-refractivity contribution in [2.24, 2.45) is 5.92 Å². The van der Waals surface area contributed by atoms with Crippen LogP contribution >= 0.6 is 0 Å². The Labute approximate surface area is 148 Å². The van der Waals surface area contributed by atoms with Crippen molar-refractivity contribution in [3.8, 4) is 0 Å². The topological polar surface area (TPSA) is 72.9 Å². The fourth-order valence-electron chi connectivity index (χ4n) is 3.50. The van der Waals surface area contributed by atoms with Gasteiger partial charge in [-0.15, -0.1) is 0 Å². The Balaban J connectivity index is 1.65. The van der Waals surface area contributed by atoms with Crippen LogP contribution in [0.4, 0.5) is 5.69 Å². The van der Waals surface area contributed by atoms with E-state index in [1.807, 2.05) is 18.2 Å². The average molecular weight is 343 g/mol. The first-order valence-corrected chi connectivity index (χ1v) is 8.83. The van der Waals surface area contributed by atoms with Gasteiger partial charge in [0.1, 0.15) is 5.70 Å². The molecule has 3 rings (SSSR count). The number of imide groups is 1. The highest BCUT2D eigenvalue weighted by atomic mass is 16.3. The second-order valence-corrected chi connectivity index (χ2v) is 6.88. The number of amides is 2. The fraction of sp³-hybridized carbons (Fsp3) is 0.474. The zero-order chi connectivity index (χ0) is 17.8. The highest BCUT2D eigenvalue weighted by Gasteiger charge is 2.30. The number of nitrogens with zero attached hydrogens (tertiary/aromatic N) is 2. The number of β-amino-alcohol motifs (C(OH)–C–C–N with tert-alkyl or cyclic N) is 1. The minimum Gasteiger partial charge on any atom is -0.395 e. The van der Waals surface area contributed by atoms with Crippen LogP contribution in [0.5, 0.6) is 0 Å². The zero-order valence-corrected chi connectivity index (χ0v) is 14.6. The molecule has 2 amide bonds. The van der Waals surface area contributed by atoms with Crippen LogP contribution in [-0.2, 0) is 16.1 Å². The minimum absolute atomic E-state index is 0.0204. The van der Waals surface area contributed by atoms with Gasteiger partial charge in [-0.3, -0.25) is 19.4 Å². The summed E-state index contributed by atoms with van der Waals surface area (Å²) in [5, 5.41) is 12.0. The van der Waals surface area contributed by atoms with Crippen molar-refractivity contribution in [3.63, 3.8) is 0 Å². The summed E-state index contributed by atoms with van der Waals surface area (Å²) in [6.45, 7) is 5.21. The van der Waals surface area contributed by atoms with Crippen LogP contribution in [0.2, 0.25) is 0 Å². The smallest absolute Gasteiger partial charge is 0.277 e. The number of rotatable bonds is 6. The van der Waals surface area contributed by atoms with Gasteiger partial charge < -0.3 is 10.4 Å². The Hall–Kier alpha value is -2.18. The largest absolute Gasteiger partial charge is 0.395 e. The number of nitrogens with one attached hydrogen (secondary N) is 1. The van der Waals surface area contributed by atoms with Gasteiger partial charge in [0.2, 0.25) is 0 Å². The lowest BCUT2D eigenvalue weighted by Gasteiger charge is -2.30. The van der Waals surface area contributed by atoms with Crippen LogP contribution in [-0.4, -0.2) is 53.0 Å². The first-order chi connectivity index (χ1) is 12.1. The van der Waals surface area contributed by atoms with E-state index in [9.17, 15) is 9.59 Å². The third-order valence-electron chi connectivity index (χ3n) is 4.69. The Morgan fingerprint density at radius 1 is 1.32 bits per heavy atom. The molecule has 2 heterocycles. The molecular weight excluding hydrogens is 318 g/mol. The van der Waals surface area contributed by atoms with Crippen molar-refractivity contribution in [2.75, 3.05) is 31.6 Å². The van der Waals surface area contributed by atoms with Crippen molar-refractivity contribution in [3.05, 3.63) is 41.6 Å². The van der Waals surface area contributed by atoms with Crippen LogP contribution in [0.3, 0.4) is 0 Å². The van der Waals surface area contributed by atoms with Gasteiger partial charge in [-0.2, -0.15) is 0 Å². The third-order valence-corrected chi connectivity index (χ3v) is 4.69. The zero-order valence-electron chi connectivity index (χ0n) is 14.6. The Morgan fingerprint density at radius 3 is 2.92 bits per heavy atom. The molecule has 0 aliphatic carbocycles. The molecule has 25 heavy (non-hydrogen) atoms. The Morgan fingerprint density at radius 2 is 2.16 bits per heavy atom. The molecule has 6 nitrogen and oxygen atoms in total. The monoisotopic (exact) mass is 343 g/mol. The summed E-state index contributed by atoms with van der Waals surface area (Å²) in [6, 6.07) is 7.94.